The van der Waals surface area contributed by atoms with Gasteiger partial charge in [-0.25, -0.2) is 4.99 Å². The molecule has 162 valence electrons. The van der Waals surface area contributed by atoms with Crippen LogP contribution in [-0.2, 0) is 24.4 Å². The molecule has 0 radical (unpaired) electrons. The first kappa shape index (κ1) is 24.2. The van der Waals surface area contributed by atoms with E-state index in [1.807, 2.05) is 4.90 Å². The van der Waals surface area contributed by atoms with E-state index in [-0.39, 0.29) is 29.9 Å². The minimum absolute atomic E-state index is 0. The maximum Gasteiger partial charge on any atom is 0.222 e. The molecule has 0 saturated carbocycles. The molecule has 0 spiro atoms. The summed E-state index contributed by atoms with van der Waals surface area (Å²) in [6.07, 6.45) is 1.67. The number of hydrogen-bond donors (Lipinski definition) is 1. The molecule has 1 amide bonds. The molecule has 0 aliphatic carbocycles. The number of halogens is 1. The van der Waals surface area contributed by atoms with Crippen molar-refractivity contribution in [3.8, 4) is 0 Å². The van der Waals surface area contributed by atoms with Crippen LogP contribution in [0.2, 0.25) is 0 Å². The first-order valence-electron chi connectivity index (χ1n) is 10.5. The van der Waals surface area contributed by atoms with Gasteiger partial charge in [-0.1, -0.05) is 48.5 Å². The summed E-state index contributed by atoms with van der Waals surface area (Å²) >= 11 is 0. The van der Waals surface area contributed by atoms with Crippen molar-refractivity contribution in [2.24, 2.45) is 4.99 Å². The number of carbonyl (C=O) groups excluding carboxylic acids is 1. The second-order valence-electron chi connectivity index (χ2n) is 7.69. The molecular weight excluding hydrogens is 487 g/mol. The zero-order valence-corrected chi connectivity index (χ0v) is 20.6. The lowest BCUT2D eigenvalue weighted by Gasteiger charge is -2.23. The third kappa shape index (κ3) is 6.72. The van der Waals surface area contributed by atoms with Crippen LogP contribution in [0, 0.1) is 6.92 Å². The van der Waals surface area contributed by atoms with Crippen LogP contribution in [0.3, 0.4) is 0 Å². The van der Waals surface area contributed by atoms with E-state index in [1.54, 1.807) is 0 Å². The Hall–Kier alpha value is -2.09. The molecule has 0 unspecified atom stereocenters. The molecule has 1 aliphatic heterocycles. The summed E-state index contributed by atoms with van der Waals surface area (Å²) in [7, 11) is 2.07. The molecular formula is C24H33IN4O. The summed E-state index contributed by atoms with van der Waals surface area (Å²) in [6.45, 7) is 8.11. The van der Waals surface area contributed by atoms with Gasteiger partial charge < -0.3 is 15.1 Å². The van der Waals surface area contributed by atoms with Crippen molar-refractivity contribution in [2.75, 3.05) is 20.1 Å². The number of guanidine groups is 1. The maximum atomic E-state index is 11.8. The topological polar surface area (TPSA) is 47.9 Å². The van der Waals surface area contributed by atoms with Gasteiger partial charge in [-0.15, -0.1) is 24.0 Å². The van der Waals surface area contributed by atoms with E-state index >= 15 is 0 Å². The number of nitrogens with one attached hydrogen (secondary N) is 1. The molecule has 1 saturated heterocycles. The molecule has 0 bridgehead atoms. The van der Waals surface area contributed by atoms with Crippen molar-refractivity contribution >= 4 is 35.8 Å². The van der Waals surface area contributed by atoms with Crippen LogP contribution in [-0.4, -0.2) is 41.8 Å². The Morgan fingerprint density at radius 3 is 2.47 bits per heavy atom. The lowest BCUT2D eigenvalue weighted by Crippen LogP contribution is -2.38. The highest BCUT2D eigenvalue weighted by Crippen LogP contribution is 2.15. The van der Waals surface area contributed by atoms with Crippen LogP contribution in [0.1, 0.15) is 42.0 Å². The van der Waals surface area contributed by atoms with Gasteiger partial charge in [0.05, 0.1) is 6.54 Å². The zero-order chi connectivity index (χ0) is 20.6. The normalized spacial score (nSPS) is 13.9. The van der Waals surface area contributed by atoms with Gasteiger partial charge in [0.1, 0.15) is 0 Å². The molecule has 1 fully saturated rings. The lowest BCUT2D eigenvalue weighted by atomic mass is 10.1. The Morgan fingerprint density at radius 1 is 1.13 bits per heavy atom. The second kappa shape index (κ2) is 11.9. The fraction of sp³-hybridized carbons (Fsp3) is 0.417. The molecule has 2 aromatic rings. The first-order chi connectivity index (χ1) is 14.1. The Morgan fingerprint density at radius 2 is 1.83 bits per heavy atom. The van der Waals surface area contributed by atoms with E-state index < -0.39 is 0 Å². The quantitative estimate of drug-likeness (QED) is 0.336. The van der Waals surface area contributed by atoms with Crippen LogP contribution in [0.25, 0.3) is 0 Å². The monoisotopic (exact) mass is 520 g/mol. The van der Waals surface area contributed by atoms with Crippen LogP contribution < -0.4 is 5.32 Å². The number of carbonyl (C=O) groups is 1. The third-order valence-corrected chi connectivity index (χ3v) is 5.34. The summed E-state index contributed by atoms with van der Waals surface area (Å²) in [4.78, 5) is 20.7. The zero-order valence-electron chi connectivity index (χ0n) is 18.2. The van der Waals surface area contributed by atoms with Gasteiger partial charge in [-0.05, 0) is 42.5 Å². The molecule has 3 rings (SSSR count). The SMILES string of the molecule is CCNC(=NCc1ccc(CN2CCCC2=O)cc1)N(C)Cc1ccccc1C.I. The molecule has 1 aliphatic rings. The highest BCUT2D eigenvalue weighted by molar-refractivity contribution is 14.0. The van der Waals surface area contributed by atoms with Crippen molar-refractivity contribution < 1.29 is 4.79 Å². The average Bonchev–Trinajstić information content (AvgIpc) is 3.12. The van der Waals surface area contributed by atoms with Crippen molar-refractivity contribution in [1.82, 2.24) is 15.1 Å². The van der Waals surface area contributed by atoms with E-state index in [2.05, 4.69) is 79.6 Å². The summed E-state index contributed by atoms with van der Waals surface area (Å²) in [5, 5.41) is 3.39. The van der Waals surface area contributed by atoms with E-state index in [4.69, 9.17) is 4.99 Å². The number of aryl methyl sites for hydroxylation is 1. The van der Waals surface area contributed by atoms with Crippen LogP contribution >= 0.6 is 24.0 Å². The standard InChI is InChI=1S/C24H32N4O.HI/c1-4-25-24(27(3)18-22-9-6-5-8-19(22)2)26-16-20-11-13-21(14-12-20)17-28-15-7-10-23(28)29;/h5-6,8-9,11-14H,4,7,10,15-18H2,1-3H3,(H,25,26);1H. The number of amides is 1. The Bertz CT molecular complexity index is 851. The van der Waals surface area contributed by atoms with Crippen molar-refractivity contribution in [1.29, 1.82) is 0 Å². The summed E-state index contributed by atoms with van der Waals surface area (Å²) in [5.41, 5.74) is 4.95. The second-order valence-corrected chi connectivity index (χ2v) is 7.69. The minimum Gasteiger partial charge on any atom is -0.357 e. The number of hydrogen-bond acceptors (Lipinski definition) is 2. The first-order valence-corrected chi connectivity index (χ1v) is 10.5. The van der Waals surface area contributed by atoms with Crippen LogP contribution in [0.15, 0.2) is 53.5 Å². The third-order valence-electron chi connectivity index (χ3n) is 5.34. The van der Waals surface area contributed by atoms with E-state index in [1.165, 1.54) is 22.3 Å². The molecule has 0 aromatic heterocycles. The molecule has 0 atom stereocenters. The fourth-order valence-electron chi connectivity index (χ4n) is 3.60. The van der Waals surface area contributed by atoms with Crippen LogP contribution in [0.5, 0.6) is 0 Å². The Labute approximate surface area is 197 Å². The van der Waals surface area contributed by atoms with Gasteiger partial charge in [-0.2, -0.15) is 0 Å². The van der Waals surface area contributed by atoms with E-state index in [0.717, 1.165) is 32.0 Å². The van der Waals surface area contributed by atoms with Crippen LogP contribution in [0.4, 0.5) is 0 Å². The molecule has 30 heavy (non-hydrogen) atoms. The Balaban J connectivity index is 0.00000320. The number of nitrogens with zero attached hydrogens (tertiary/aromatic N) is 3. The smallest absolute Gasteiger partial charge is 0.222 e. The summed E-state index contributed by atoms with van der Waals surface area (Å²) < 4.78 is 0. The molecule has 1 N–H and O–H groups in total. The van der Waals surface area contributed by atoms with Crippen molar-refractivity contribution in [3.05, 3.63) is 70.8 Å². The predicted molar refractivity (Wildman–Crippen MR) is 134 cm³/mol. The molecule has 1 heterocycles. The van der Waals surface area contributed by atoms with Gasteiger partial charge in [0.25, 0.3) is 0 Å². The van der Waals surface area contributed by atoms with Gasteiger partial charge in [-0.3, -0.25) is 4.79 Å². The molecule has 6 heteroatoms. The Kier molecular flexibility index (Phi) is 9.62. The van der Waals surface area contributed by atoms with E-state index in [9.17, 15) is 4.79 Å². The van der Waals surface area contributed by atoms with Gasteiger partial charge >= 0.3 is 0 Å². The van der Waals surface area contributed by atoms with Gasteiger partial charge in [0.15, 0.2) is 5.96 Å². The minimum atomic E-state index is 0. The van der Waals surface area contributed by atoms with E-state index in [0.29, 0.717) is 19.5 Å². The lowest BCUT2D eigenvalue weighted by molar-refractivity contribution is -0.128. The van der Waals surface area contributed by atoms with Crippen molar-refractivity contribution in [3.63, 3.8) is 0 Å². The van der Waals surface area contributed by atoms with Gasteiger partial charge in [0, 0.05) is 39.6 Å². The molecule has 5 nitrogen and oxygen atoms in total. The predicted octanol–water partition coefficient (Wildman–Crippen LogP) is 4.33. The number of rotatable bonds is 7. The average molecular weight is 520 g/mol. The number of likely N-dealkylation sites (tertiary alicyclic amines) is 1. The van der Waals surface area contributed by atoms with Crippen molar-refractivity contribution in [2.45, 2.75) is 46.3 Å². The van der Waals surface area contributed by atoms with Gasteiger partial charge in [0.2, 0.25) is 5.91 Å². The maximum absolute atomic E-state index is 11.8. The fourth-order valence-corrected chi connectivity index (χ4v) is 3.60. The largest absolute Gasteiger partial charge is 0.357 e. The highest BCUT2D eigenvalue weighted by atomic mass is 127. The highest BCUT2D eigenvalue weighted by Gasteiger charge is 2.19. The number of benzene rings is 2. The summed E-state index contributed by atoms with van der Waals surface area (Å²) in [6, 6.07) is 16.9. The number of aliphatic imine (C=N–C) groups is 1. The summed E-state index contributed by atoms with van der Waals surface area (Å²) in [5.74, 6) is 1.17. The molecule has 2 aromatic carbocycles.